The van der Waals surface area contributed by atoms with Gasteiger partial charge < -0.3 is 9.64 Å². The maximum Gasteiger partial charge on any atom is 0.244 e. The highest BCUT2D eigenvalue weighted by atomic mass is 32.2. The summed E-state index contributed by atoms with van der Waals surface area (Å²) < 4.78 is 32.1. The van der Waals surface area contributed by atoms with E-state index in [0.717, 1.165) is 17.0 Å². The summed E-state index contributed by atoms with van der Waals surface area (Å²) >= 11 is 3.12. The van der Waals surface area contributed by atoms with Gasteiger partial charge in [0.15, 0.2) is 0 Å². The molecule has 166 valence electrons. The first-order valence-corrected chi connectivity index (χ1v) is 13.5. The highest BCUT2D eigenvalue weighted by molar-refractivity contribution is 8.00. The van der Waals surface area contributed by atoms with Crippen molar-refractivity contribution in [2.75, 3.05) is 43.5 Å². The Balaban J connectivity index is 1.41. The van der Waals surface area contributed by atoms with Gasteiger partial charge in [0.25, 0.3) is 0 Å². The van der Waals surface area contributed by atoms with Gasteiger partial charge in [-0.15, -0.1) is 11.8 Å². The van der Waals surface area contributed by atoms with Crippen LogP contribution in [0.2, 0.25) is 0 Å². The Kier molecular flexibility index (Phi) is 7.22. The summed E-state index contributed by atoms with van der Waals surface area (Å²) in [7, 11) is -3.57. The number of ether oxygens (including phenoxy) is 1. The van der Waals surface area contributed by atoms with Crippen molar-refractivity contribution in [3.8, 4) is 0 Å². The maximum absolute atomic E-state index is 13.0. The lowest BCUT2D eigenvalue weighted by Crippen LogP contribution is -2.40. The molecule has 1 saturated heterocycles. The molecule has 0 saturated carbocycles. The molecule has 0 spiro atoms. The van der Waals surface area contributed by atoms with Crippen LogP contribution in [0.1, 0.15) is 13.3 Å². The van der Waals surface area contributed by atoms with E-state index in [9.17, 15) is 13.2 Å². The molecule has 10 heteroatoms. The molecule has 31 heavy (non-hydrogen) atoms. The third-order valence-electron chi connectivity index (χ3n) is 5.21. The molecule has 0 N–H and O–H groups in total. The number of thioether (sulfide) groups is 2. The van der Waals surface area contributed by atoms with E-state index in [1.54, 1.807) is 23.9 Å². The normalized spacial score (nSPS) is 20.2. The van der Waals surface area contributed by atoms with Crippen LogP contribution in [0.3, 0.4) is 0 Å². The molecule has 0 aliphatic carbocycles. The Bertz CT molecular complexity index is 1020. The first-order valence-electron chi connectivity index (χ1n) is 10.2. The number of hydrogen-bond donors (Lipinski definition) is 0. The smallest absolute Gasteiger partial charge is 0.244 e. The number of nitrogens with zero attached hydrogens (tertiary/aromatic N) is 3. The molecule has 4 rings (SSSR count). The first-order chi connectivity index (χ1) is 14.9. The molecule has 1 aromatic heterocycles. The fourth-order valence-corrected chi connectivity index (χ4v) is 6.69. The zero-order valence-corrected chi connectivity index (χ0v) is 19.7. The van der Waals surface area contributed by atoms with E-state index in [4.69, 9.17) is 4.74 Å². The number of rotatable bonds is 5. The van der Waals surface area contributed by atoms with E-state index in [1.807, 2.05) is 23.1 Å². The summed E-state index contributed by atoms with van der Waals surface area (Å²) in [5.41, 5.74) is 0.961. The fraction of sp³-hybridized carbons (Fsp3) is 0.429. The lowest BCUT2D eigenvalue weighted by molar-refractivity contribution is -0.116. The molecular formula is C21H25N3O4S3. The predicted molar refractivity (Wildman–Crippen MR) is 123 cm³/mol. The Hall–Kier alpha value is -1.59. The van der Waals surface area contributed by atoms with Gasteiger partial charge in [-0.05, 0) is 30.7 Å². The quantitative estimate of drug-likeness (QED) is 0.610. The van der Waals surface area contributed by atoms with Crippen molar-refractivity contribution >= 4 is 45.1 Å². The van der Waals surface area contributed by atoms with Crippen LogP contribution in [0.15, 0.2) is 57.4 Å². The van der Waals surface area contributed by atoms with Crippen molar-refractivity contribution in [1.82, 2.24) is 9.29 Å². The van der Waals surface area contributed by atoms with Crippen molar-refractivity contribution in [3.05, 3.63) is 42.6 Å². The zero-order valence-electron chi connectivity index (χ0n) is 17.3. The number of anilines is 1. The van der Waals surface area contributed by atoms with Gasteiger partial charge in [0, 0.05) is 36.0 Å². The van der Waals surface area contributed by atoms with Gasteiger partial charge in [-0.2, -0.15) is 4.31 Å². The number of carbonyl (C=O) groups excluding carboxylic acids is 1. The molecule has 1 fully saturated rings. The van der Waals surface area contributed by atoms with Crippen LogP contribution in [0.4, 0.5) is 5.69 Å². The Morgan fingerprint density at radius 3 is 2.71 bits per heavy atom. The van der Waals surface area contributed by atoms with Gasteiger partial charge >= 0.3 is 0 Å². The van der Waals surface area contributed by atoms with Crippen LogP contribution >= 0.6 is 23.5 Å². The van der Waals surface area contributed by atoms with E-state index in [0.29, 0.717) is 43.1 Å². The summed E-state index contributed by atoms with van der Waals surface area (Å²) in [4.78, 5) is 20.4. The van der Waals surface area contributed by atoms with Gasteiger partial charge in [0.1, 0.15) is 4.90 Å². The second-order valence-corrected chi connectivity index (χ2v) is 11.8. The minimum atomic E-state index is -3.57. The average Bonchev–Trinajstić information content (AvgIpc) is 2.96. The minimum Gasteiger partial charge on any atom is -0.379 e. The van der Waals surface area contributed by atoms with Gasteiger partial charge in [0.05, 0.1) is 29.7 Å². The van der Waals surface area contributed by atoms with Crippen LogP contribution < -0.4 is 4.90 Å². The molecular weight excluding hydrogens is 454 g/mol. The number of carbonyl (C=O) groups is 1. The van der Waals surface area contributed by atoms with E-state index < -0.39 is 10.0 Å². The molecule has 3 heterocycles. The van der Waals surface area contributed by atoms with E-state index in [-0.39, 0.29) is 16.6 Å². The SMILES string of the molecule is C[C@@H]1CCN(C(=O)CSc2ccc(S(=O)(=O)N3CCOCC3)cn2)c2ccccc2S1. The summed E-state index contributed by atoms with van der Waals surface area (Å²) in [6.45, 7) is 4.37. The molecule has 2 aliphatic heterocycles. The van der Waals surface area contributed by atoms with Crippen LogP contribution in [0.5, 0.6) is 0 Å². The summed E-state index contributed by atoms with van der Waals surface area (Å²) in [5, 5.41) is 1.08. The van der Waals surface area contributed by atoms with Crippen LogP contribution in [0, 0.1) is 0 Å². The Labute approximate surface area is 191 Å². The molecule has 1 amide bonds. The Morgan fingerprint density at radius 1 is 1.19 bits per heavy atom. The van der Waals surface area contributed by atoms with Crippen LogP contribution in [-0.2, 0) is 19.6 Å². The van der Waals surface area contributed by atoms with Gasteiger partial charge in [-0.3, -0.25) is 4.79 Å². The van der Waals surface area contributed by atoms with E-state index in [2.05, 4.69) is 18.0 Å². The predicted octanol–water partition coefficient (Wildman–Crippen LogP) is 3.11. The molecule has 2 aliphatic rings. The number of pyridine rings is 1. The number of benzene rings is 1. The van der Waals surface area contributed by atoms with E-state index >= 15 is 0 Å². The average molecular weight is 480 g/mol. The number of sulfonamides is 1. The number of hydrogen-bond acceptors (Lipinski definition) is 7. The van der Waals surface area contributed by atoms with Gasteiger partial charge in [-0.25, -0.2) is 13.4 Å². The highest BCUT2D eigenvalue weighted by Crippen LogP contribution is 2.37. The number of para-hydroxylation sites is 1. The molecule has 2 aromatic rings. The van der Waals surface area contributed by atoms with Gasteiger partial charge in [-0.1, -0.05) is 30.8 Å². The largest absolute Gasteiger partial charge is 0.379 e. The fourth-order valence-electron chi connectivity index (χ4n) is 3.50. The summed E-state index contributed by atoms with van der Waals surface area (Å²) in [6, 6.07) is 11.2. The van der Waals surface area contributed by atoms with E-state index in [1.165, 1.54) is 22.3 Å². The third-order valence-corrected chi connectivity index (χ3v) is 9.25. The van der Waals surface area contributed by atoms with Gasteiger partial charge in [0.2, 0.25) is 15.9 Å². The number of morpholine rings is 1. The molecule has 0 bridgehead atoms. The number of amides is 1. The summed E-state index contributed by atoms with van der Waals surface area (Å²) in [5.74, 6) is 0.273. The molecule has 1 atom stereocenters. The van der Waals surface area contributed by atoms with Crippen molar-refractivity contribution in [1.29, 1.82) is 0 Å². The van der Waals surface area contributed by atoms with Crippen LogP contribution in [0.25, 0.3) is 0 Å². The third kappa shape index (κ3) is 5.25. The second-order valence-electron chi connectivity index (χ2n) is 7.37. The standard InChI is InChI=1S/C21H25N3O4S3/c1-16-8-9-24(18-4-2-3-5-19(18)30-16)21(25)15-29-20-7-6-17(14-22-20)31(26,27)23-10-12-28-13-11-23/h2-7,14,16H,8-13,15H2,1H3/t16-/m1/s1. The number of aromatic nitrogens is 1. The second kappa shape index (κ2) is 9.91. The highest BCUT2D eigenvalue weighted by Gasteiger charge is 2.27. The minimum absolute atomic E-state index is 0.0268. The molecule has 0 radical (unpaired) electrons. The number of fused-ring (bicyclic) bond motifs is 1. The lowest BCUT2D eigenvalue weighted by atomic mass is 10.2. The molecule has 1 aromatic carbocycles. The zero-order chi connectivity index (χ0) is 21.8. The Morgan fingerprint density at radius 2 is 1.97 bits per heavy atom. The maximum atomic E-state index is 13.0. The van der Waals surface area contributed by atoms with Crippen molar-refractivity contribution in [3.63, 3.8) is 0 Å². The molecule has 0 unspecified atom stereocenters. The lowest BCUT2D eigenvalue weighted by Gasteiger charge is -2.25. The van der Waals surface area contributed by atoms with Crippen molar-refractivity contribution in [2.24, 2.45) is 0 Å². The first kappa shape index (κ1) is 22.6. The van der Waals surface area contributed by atoms with Crippen molar-refractivity contribution in [2.45, 2.75) is 33.4 Å². The monoisotopic (exact) mass is 479 g/mol. The molecule has 7 nitrogen and oxygen atoms in total. The topological polar surface area (TPSA) is 79.8 Å². The van der Waals surface area contributed by atoms with Crippen molar-refractivity contribution < 1.29 is 17.9 Å². The van der Waals surface area contributed by atoms with Crippen LogP contribution in [-0.4, -0.2) is 67.5 Å². The summed E-state index contributed by atoms with van der Waals surface area (Å²) in [6.07, 6.45) is 2.30.